The lowest BCUT2D eigenvalue weighted by molar-refractivity contribution is -0.307. The fraction of sp³-hybridized carbons (Fsp3) is 0.464. The number of hydrogen-bond acceptors (Lipinski definition) is 12. The normalized spacial score (nSPS) is 32.6. The van der Waals surface area contributed by atoms with Crippen molar-refractivity contribution in [3.63, 3.8) is 0 Å². The van der Waals surface area contributed by atoms with Gasteiger partial charge in [0.2, 0.25) is 6.29 Å². The standard InChI is InChI=1S/C28H32O12/c1-13-22(30)25(33)26(34)27(38-13)37-11-17-9-20(29)24(32)28(40-17)39-16-7-8-18-21(10-16)36-12-19(23(18)31)14-3-5-15(35-2)6-4-14/h3-8,10,12-13,17,20,22,24-30,32-34H,9,11H2,1-2H3/t13-,17+,20-,22+,24-,25-,26-,27-,28-/m1/s1. The Morgan fingerprint density at radius 1 is 0.875 bits per heavy atom. The monoisotopic (exact) mass is 560 g/mol. The van der Waals surface area contributed by atoms with Crippen LogP contribution in [0.15, 0.2) is 57.9 Å². The van der Waals surface area contributed by atoms with Gasteiger partial charge in [-0.3, -0.25) is 4.79 Å². The summed E-state index contributed by atoms with van der Waals surface area (Å²) in [6.07, 6.45) is -9.50. The Balaban J connectivity index is 1.27. The maximum Gasteiger partial charge on any atom is 0.229 e. The molecule has 12 nitrogen and oxygen atoms in total. The number of benzene rings is 2. The lowest BCUT2D eigenvalue weighted by Crippen LogP contribution is -2.58. The van der Waals surface area contributed by atoms with Crippen LogP contribution in [0.4, 0.5) is 0 Å². The van der Waals surface area contributed by atoms with Crippen LogP contribution in [0.25, 0.3) is 22.1 Å². The van der Waals surface area contributed by atoms with Crippen LogP contribution in [-0.2, 0) is 14.2 Å². The third-order valence-electron chi connectivity index (χ3n) is 7.16. The molecule has 40 heavy (non-hydrogen) atoms. The molecule has 9 atom stereocenters. The van der Waals surface area contributed by atoms with Crippen LogP contribution in [0.2, 0.25) is 0 Å². The van der Waals surface area contributed by atoms with Crippen LogP contribution in [-0.4, -0.2) is 94.6 Å². The zero-order valence-corrected chi connectivity index (χ0v) is 21.8. The van der Waals surface area contributed by atoms with Gasteiger partial charge in [-0.1, -0.05) is 12.1 Å². The molecule has 2 aromatic carbocycles. The second kappa shape index (κ2) is 11.8. The number of aliphatic hydroxyl groups excluding tert-OH is 5. The number of ether oxygens (including phenoxy) is 5. The fourth-order valence-corrected chi connectivity index (χ4v) is 4.76. The Morgan fingerprint density at radius 2 is 1.60 bits per heavy atom. The van der Waals surface area contributed by atoms with Crippen molar-refractivity contribution in [2.75, 3.05) is 13.7 Å². The Bertz CT molecular complexity index is 1360. The average molecular weight is 561 g/mol. The van der Waals surface area contributed by atoms with Gasteiger partial charge in [0.25, 0.3) is 0 Å². The summed E-state index contributed by atoms with van der Waals surface area (Å²) in [6.45, 7) is 1.37. The van der Waals surface area contributed by atoms with E-state index in [0.29, 0.717) is 22.3 Å². The van der Waals surface area contributed by atoms with Crippen LogP contribution in [0.3, 0.4) is 0 Å². The first-order valence-corrected chi connectivity index (χ1v) is 12.9. The summed E-state index contributed by atoms with van der Waals surface area (Å²) in [5, 5.41) is 51.2. The van der Waals surface area contributed by atoms with Gasteiger partial charge in [0.1, 0.15) is 47.8 Å². The highest BCUT2D eigenvalue weighted by atomic mass is 16.7. The topological polar surface area (TPSA) is 178 Å². The lowest BCUT2D eigenvalue weighted by Gasteiger charge is -2.40. The third kappa shape index (κ3) is 5.71. The maximum absolute atomic E-state index is 13.1. The third-order valence-corrected chi connectivity index (χ3v) is 7.16. The molecule has 12 heteroatoms. The summed E-state index contributed by atoms with van der Waals surface area (Å²) in [7, 11) is 1.56. The molecule has 3 heterocycles. The SMILES string of the molecule is COc1ccc(-c2coc3cc(O[C@@H]4O[C@H](CO[C@@H]5O[C@H](C)[C@H](O)[C@@H](O)[C@H]5O)C[C@@H](O)[C@H]4O)ccc3c2=O)cc1. The second-order valence-corrected chi connectivity index (χ2v) is 9.92. The summed E-state index contributed by atoms with van der Waals surface area (Å²) < 4.78 is 33.5. The summed E-state index contributed by atoms with van der Waals surface area (Å²) in [4.78, 5) is 13.1. The molecule has 0 aliphatic carbocycles. The first-order valence-electron chi connectivity index (χ1n) is 12.9. The van der Waals surface area contributed by atoms with Crippen LogP contribution in [0.1, 0.15) is 13.3 Å². The van der Waals surface area contributed by atoms with E-state index in [-0.39, 0.29) is 29.8 Å². The van der Waals surface area contributed by atoms with E-state index in [2.05, 4.69) is 0 Å². The summed E-state index contributed by atoms with van der Waals surface area (Å²) >= 11 is 0. The minimum Gasteiger partial charge on any atom is -0.497 e. The second-order valence-electron chi connectivity index (χ2n) is 9.92. The Labute approximate surface area is 228 Å². The molecule has 2 aliphatic heterocycles. The molecular formula is C28H32O12. The van der Waals surface area contributed by atoms with E-state index in [4.69, 9.17) is 28.1 Å². The predicted molar refractivity (Wildman–Crippen MR) is 139 cm³/mol. The Morgan fingerprint density at radius 3 is 2.33 bits per heavy atom. The van der Waals surface area contributed by atoms with Gasteiger partial charge < -0.3 is 53.6 Å². The summed E-state index contributed by atoms with van der Waals surface area (Å²) in [6, 6.07) is 11.6. The van der Waals surface area contributed by atoms with Crippen molar-refractivity contribution in [2.24, 2.45) is 0 Å². The minimum absolute atomic E-state index is 0.00526. The Hall–Kier alpha value is -3.07. The van der Waals surface area contributed by atoms with Gasteiger partial charge in [-0.05, 0) is 36.8 Å². The minimum atomic E-state index is -1.49. The molecule has 0 saturated carbocycles. The van der Waals surface area contributed by atoms with Crippen molar-refractivity contribution in [2.45, 2.75) is 68.7 Å². The largest absolute Gasteiger partial charge is 0.497 e. The fourth-order valence-electron chi connectivity index (χ4n) is 4.76. The Kier molecular flexibility index (Phi) is 8.40. The maximum atomic E-state index is 13.1. The molecular weight excluding hydrogens is 528 g/mol. The van der Waals surface area contributed by atoms with Crippen LogP contribution < -0.4 is 14.9 Å². The molecule has 2 aliphatic rings. The zero-order valence-electron chi connectivity index (χ0n) is 21.8. The highest BCUT2D eigenvalue weighted by Crippen LogP contribution is 2.29. The van der Waals surface area contributed by atoms with Gasteiger partial charge in [-0.15, -0.1) is 0 Å². The molecule has 216 valence electrons. The zero-order chi connectivity index (χ0) is 28.6. The summed E-state index contributed by atoms with van der Waals surface area (Å²) in [5.74, 6) is 0.887. The molecule has 5 rings (SSSR count). The number of fused-ring (bicyclic) bond motifs is 1. The highest BCUT2D eigenvalue weighted by Gasteiger charge is 2.44. The molecule has 3 aromatic rings. The molecule has 1 aromatic heterocycles. The first-order chi connectivity index (χ1) is 19.2. The van der Waals surface area contributed by atoms with Gasteiger partial charge in [-0.2, -0.15) is 0 Å². The smallest absolute Gasteiger partial charge is 0.229 e. The number of aliphatic hydroxyl groups is 5. The van der Waals surface area contributed by atoms with Crippen LogP contribution in [0, 0.1) is 0 Å². The van der Waals surface area contributed by atoms with E-state index in [1.165, 1.54) is 25.3 Å². The van der Waals surface area contributed by atoms with Crippen molar-refractivity contribution in [1.29, 1.82) is 0 Å². The molecule has 0 unspecified atom stereocenters. The quantitative estimate of drug-likeness (QED) is 0.271. The average Bonchev–Trinajstić information content (AvgIpc) is 2.96. The molecule has 5 N–H and O–H groups in total. The van der Waals surface area contributed by atoms with Crippen LogP contribution in [0.5, 0.6) is 11.5 Å². The lowest BCUT2D eigenvalue weighted by atomic mass is 10.00. The molecule has 2 fully saturated rings. The van der Waals surface area contributed by atoms with E-state index in [1.807, 2.05) is 0 Å². The van der Waals surface area contributed by atoms with Crippen molar-refractivity contribution >= 4 is 11.0 Å². The molecule has 0 spiro atoms. The van der Waals surface area contributed by atoms with Crippen LogP contribution >= 0.6 is 0 Å². The van der Waals surface area contributed by atoms with E-state index in [9.17, 15) is 30.3 Å². The number of rotatable bonds is 7. The number of hydrogen-bond donors (Lipinski definition) is 5. The van der Waals surface area contributed by atoms with Gasteiger partial charge in [0, 0.05) is 12.5 Å². The predicted octanol–water partition coefficient (Wildman–Crippen LogP) is 0.528. The van der Waals surface area contributed by atoms with Gasteiger partial charge in [-0.25, -0.2) is 0 Å². The van der Waals surface area contributed by atoms with Crippen molar-refractivity contribution in [1.82, 2.24) is 0 Å². The van der Waals surface area contributed by atoms with E-state index in [0.717, 1.165) is 0 Å². The first kappa shape index (κ1) is 28.5. The van der Waals surface area contributed by atoms with Gasteiger partial charge >= 0.3 is 0 Å². The molecule has 2 saturated heterocycles. The van der Waals surface area contributed by atoms with Crippen molar-refractivity contribution in [3.8, 4) is 22.6 Å². The number of methoxy groups -OCH3 is 1. The van der Waals surface area contributed by atoms with Gasteiger partial charge in [0.05, 0.1) is 43.0 Å². The van der Waals surface area contributed by atoms with Gasteiger partial charge in [0.15, 0.2) is 11.7 Å². The molecule has 0 radical (unpaired) electrons. The van der Waals surface area contributed by atoms with E-state index >= 15 is 0 Å². The highest BCUT2D eigenvalue weighted by molar-refractivity contribution is 5.82. The van der Waals surface area contributed by atoms with E-state index < -0.39 is 55.3 Å². The molecule has 0 amide bonds. The van der Waals surface area contributed by atoms with Crippen molar-refractivity contribution < 1.29 is 53.6 Å². The molecule has 0 bridgehead atoms. The van der Waals surface area contributed by atoms with Crippen molar-refractivity contribution in [3.05, 3.63) is 59.0 Å². The van der Waals surface area contributed by atoms with E-state index in [1.54, 1.807) is 37.4 Å². The summed E-state index contributed by atoms with van der Waals surface area (Å²) in [5.41, 5.74) is 1.07.